The Hall–Kier alpha value is -0.610. The van der Waals surface area contributed by atoms with Gasteiger partial charge in [-0.3, -0.25) is 4.79 Å². The summed E-state index contributed by atoms with van der Waals surface area (Å²) >= 11 is 0. The summed E-state index contributed by atoms with van der Waals surface area (Å²) in [7, 11) is 1.67. The molecule has 0 aromatic rings. The number of nitrogens with two attached hydrogens (primary N) is 1. The summed E-state index contributed by atoms with van der Waals surface area (Å²) in [6.07, 6.45) is 6.00. The molecule has 0 aromatic carbocycles. The minimum absolute atomic E-state index is 0.142. The molecule has 4 heteroatoms. The van der Waals surface area contributed by atoms with Gasteiger partial charge in [0.05, 0.1) is 6.10 Å². The average Bonchev–Trinajstić information content (AvgIpc) is 2.35. The van der Waals surface area contributed by atoms with Crippen LogP contribution in [0.1, 0.15) is 45.4 Å². The van der Waals surface area contributed by atoms with E-state index in [4.69, 9.17) is 10.5 Å². The Morgan fingerprint density at radius 3 is 2.65 bits per heavy atom. The first-order valence-corrected chi connectivity index (χ1v) is 6.67. The zero-order valence-electron chi connectivity index (χ0n) is 11.1. The van der Waals surface area contributed by atoms with Gasteiger partial charge in [0, 0.05) is 26.1 Å². The van der Waals surface area contributed by atoms with Crippen molar-refractivity contribution in [2.75, 3.05) is 13.7 Å². The molecule has 0 bridgehead atoms. The second kappa shape index (κ2) is 7.67. The fourth-order valence-electron chi connectivity index (χ4n) is 2.19. The van der Waals surface area contributed by atoms with Crippen LogP contribution in [0.3, 0.4) is 0 Å². The van der Waals surface area contributed by atoms with Crippen molar-refractivity contribution in [3.63, 3.8) is 0 Å². The molecule has 3 N–H and O–H groups in total. The van der Waals surface area contributed by atoms with E-state index in [1.165, 1.54) is 0 Å². The molecule has 0 aromatic heterocycles. The molecule has 100 valence electrons. The van der Waals surface area contributed by atoms with Crippen LogP contribution in [-0.2, 0) is 9.53 Å². The van der Waals surface area contributed by atoms with Crippen LogP contribution in [0.4, 0.5) is 0 Å². The number of hydrogen-bond donors (Lipinski definition) is 2. The lowest BCUT2D eigenvalue weighted by atomic mass is 9.86. The van der Waals surface area contributed by atoms with Crippen LogP contribution in [0, 0.1) is 5.92 Å². The predicted molar refractivity (Wildman–Crippen MR) is 68.6 cm³/mol. The van der Waals surface area contributed by atoms with Crippen LogP contribution in [0.15, 0.2) is 0 Å². The topological polar surface area (TPSA) is 64.3 Å². The molecule has 1 aliphatic rings. The minimum atomic E-state index is 0.142. The van der Waals surface area contributed by atoms with Crippen LogP contribution in [-0.4, -0.2) is 31.7 Å². The second-order valence-corrected chi connectivity index (χ2v) is 5.17. The smallest absolute Gasteiger partial charge is 0.220 e. The Labute approximate surface area is 104 Å². The molecule has 0 radical (unpaired) electrons. The zero-order valence-corrected chi connectivity index (χ0v) is 11.1. The van der Waals surface area contributed by atoms with Gasteiger partial charge in [-0.1, -0.05) is 0 Å². The van der Waals surface area contributed by atoms with Gasteiger partial charge in [-0.05, 0) is 44.9 Å². The van der Waals surface area contributed by atoms with E-state index >= 15 is 0 Å². The van der Waals surface area contributed by atoms with Crippen molar-refractivity contribution in [2.45, 2.75) is 57.6 Å². The second-order valence-electron chi connectivity index (χ2n) is 5.17. The fourth-order valence-corrected chi connectivity index (χ4v) is 2.19. The van der Waals surface area contributed by atoms with Gasteiger partial charge in [0.1, 0.15) is 0 Å². The van der Waals surface area contributed by atoms with Gasteiger partial charge >= 0.3 is 0 Å². The lowest BCUT2D eigenvalue weighted by molar-refractivity contribution is -0.121. The van der Waals surface area contributed by atoms with E-state index in [2.05, 4.69) is 5.32 Å². The summed E-state index contributed by atoms with van der Waals surface area (Å²) < 4.78 is 5.11. The van der Waals surface area contributed by atoms with Crippen molar-refractivity contribution in [3.05, 3.63) is 0 Å². The van der Waals surface area contributed by atoms with Crippen molar-refractivity contribution >= 4 is 5.91 Å². The van der Waals surface area contributed by atoms with Crippen LogP contribution < -0.4 is 11.1 Å². The first-order valence-electron chi connectivity index (χ1n) is 6.67. The number of carbonyl (C=O) groups excluding carboxylic acids is 1. The summed E-state index contributed by atoms with van der Waals surface area (Å²) in [6.45, 7) is 2.79. The van der Waals surface area contributed by atoms with Gasteiger partial charge < -0.3 is 15.8 Å². The van der Waals surface area contributed by atoms with E-state index in [9.17, 15) is 4.79 Å². The van der Waals surface area contributed by atoms with Crippen molar-refractivity contribution in [1.29, 1.82) is 0 Å². The van der Waals surface area contributed by atoms with E-state index in [1.807, 2.05) is 6.92 Å². The molecular weight excluding hydrogens is 216 g/mol. The molecule has 17 heavy (non-hydrogen) atoms. The van der Waals surface area contributed by atoms with E-state index in [0.29, 0.717) is 18.4 Å². The summed E-state index contributed by atoms with van der Waals surface area (Å²) in [5.74, 6) is 0.766. The van der Waals surface area contributed by atoms with Crippen molar-refractivity contribution in [2.24, 2.45) is 11.7 Å². The summed E-state index contributed by atoms with van der Waals surface area (Å²) in [5.41, 5.74) is 5.85. The normalized spacial score (nSPS) is 26.5. The van der Waals surface area contributed by atoms with E-state index in [1.54, 1.807) is 7.11 Å². The van der Waals surface area contributed by atoms with Crippen LogP contribution in [0.5, 0.6) is 0 Å². The maximum Gasteiger partial charge on any atom is 0.220 e. The standard InChI is InChI=1S/C13H26N2O2/c1-10(17-2)3-8-13(16)15-9-11-4-6-12(14)7-5-11/h10-12H,3-9,14H2,1-2H3,(H,15,16). The molecule has 4 nitrogen and oxygen atoms in total. The van der Waals surface area contributed by atoms with Gasteiger partial charge in [0.15, 0.2) is 0 Å². The lowest BCUT2D eigenvalue weighted by Crippen LogP contribution is -2.34. The summed E-state index contributed by atoms with van der Waals surface area (Å²) in [4.78, 5) is 11.6. The van der Waals surface area contributed by atoms with E-state index in [-0.39, 0.29) is 12.0 Å². The van der Waals surface area contributed by atoms with Crippen LogP contribution in [0.25, 0.3) is 0 Å². The van der Waals surface area contributed by atoms with Crippen molar-refractivity contribution in [3.8, 4) is 0 Å². The van der Waals surface area contributed by atoms with Crippen molar-refractivity contribution < 1.29 is 9.53 Å². The fraction of sp³-hybridized carbons (Fsp3) is 0.923. The Morgan fingerprint density at radius 1 is 1.41 bits per heavy atom. The molecule has 1 amide bonds. The Balaban J connectivity index is 2.07. The molecule has 1 saturated carbocycles. The molecule has 0 saturated heterocycles. The van der Waals surface area contributed by atoms with Crippen molar-refractivity contribution in [1.82, 2.24) is 5.32 Å². The highest BCUT2D eigenvalue weighted by atomic mass is 16.5. The summed E-state index contributed by atoms with van der Waals surface area (Å²) in [5, 5.41) is 3.01. The SMILES string of the molecule is COC(C)CCC(=O)NCC1CCC(N)CC1. The molecule has 1 rings (SSSR count). The molecule has 0 aliphatic heterocycles. The Bertz CT molecular complexity index is 225. The lowest BCUT2D eigenvalue weighted by Gasteiger charge is -2.26. The molecule has 0 heterocycles. The number of ether oxygens (including phenoxy) is 1. The number of amides is 1. The van der Waals surface area contributed by atoms with Gasteiger partial charge in [0.25, 0.3) is 0 Å². The third-order valence-electron chi connectivity index (χ3n) is 3.66. The van der Waals surface area contributed by atoms with Crippen LogP contribution in [0.2, 0.25) is 0 Å². The average molecular weight is 242 g/mol. The molecule has 1 unspecified atom stereocenters. The van der Waals surface area contributed by atoms with Gasteiger partial charge in [0.2, 0.25) is 5.91 Å². The number of carbonyl (C=O) groups is 1. The first kappa shape index (κ1) is 14.5. The van der Waals surface area contributed by atoms with Crippen LogP contribution >= 0.6 is 0 Å². The molecule has 1 fully saturated rings. The maximum absolute atomic E-state index is 11.6. The van der Waals surface area contributed by atoms with E-state index in [0.717, 1.165) is 38.6 Å². The predicted octanol–water partition coefficient (Wildman–Crippen LogP) is 1.44. The molecular formula is C13H26N2O2. The monoisotopic (exact) mass is 242 g/mol. The Morgan fingerprint density at radius 2 is 2.06 bits per heavy atom. The number of rotatable bonds is 6. The van der Waals surface area contributed by atoms with Gasteiger partial charge in [-0.15, -0.1) is 0 Å². The highest BCUT2D eigenvalue weighted by molar-refractivity contribution is 5.75. The first-order chi connectivity index (χ1) is 8.11. The van der Waals surface area contributed by atoms with Gasteiger partial charge in [-0.2, -0.15) is 0 Å². The molecule has 0 spiro atoms. The Kier molecular flexibility index (Phi) is 6.52. The highest BCUT2D eigenvalue weighted by Gasteiger charge is 2.18. The third kappa shape index (κ3) is 6.03. The molecule has 1 atom stereocenters. The zero-order chi connectivity index (χ0) is 12.7. The minimum Gasteiger partial charge on any atom is -0.382 e. The largest absolute Gasteiger partial charge is 0.382 e. The quantitative estimate of drug-likeness (QED) is 0.740. The third-order valence-corrected chi connectivity index (χ3v) is 3.66. The number of hydrogen-bond acceptors (Lipinski definition) is 3. The number of methoxy groups -OCH3 is 1. The van der Waals surface area contributed by atoms with Gasteiger partial charge in [-0.25, -0.2) is 0 Å². The maximum atomic E-state index is 11.6. The highest BCUT2D eigenvalue weighted by Crippen LogP contribution is 2.22. The van der Waals surface area contributed by atoms with E-state index < -0.39 is 0 Å². The summed E-state index contributed by atoms with van der Waals surface area (Å²) in [6, 6.07) is 0.379. The molecule has 1 aliphatic carbocycles. The number of nitrogens with one attached hydrogen (secondary N) is 1.